The quantitative estimate of drug-likeness (QED) is 0.509. The molecule has 2 N–H and O–H groups in total. The van der Waals surface area contributed by atoms with E-state index in [1.165, 1.54) is 43.2 Å². The first-order valence-corrected chi connectivity index (χ1v) is 11.8. The maximum Gasteiger partial charge on any atom is 0.131 e. The highest BCUT2D eigenvalue weighted by molar-refractivity contribution is 5.93. The third-order valence-corrected chi connectivity index (χ3v) is 7.52. The van der Waals surface area contributed by atoms with Crippen LogP contribution in [0.1, 0.15) is 38.1 Å². The number of hydrogen-bond acceptors (Lipinski definition) is 5. The number of rotatable bonds is 3. The summed E-state index contributed by atoms with van der Waals surface area (Å²) in [6.45, 7) is 2.98. The lowest BCUT2D eigenvalue weighted by Crippen LogP contribution is -2.24. The van der Waals surface area contributed by atoms with E-state index in [0.717, 1.165) is 53.3 Å². The number of pyridine rings is 1. The molecule has 7 nitrogen and oxygen atoms in total. The van der Waals surface area contributed by atoms with Crippen molar-refractivity contribution in [1.82, 2.24) is 29.8 Å². The minimum atomic E-state index is 0.581. The lowest BCUT2D eigenvalue weighted by atomic mass is 9.95. The summed E-state index contributed by atoms with van der Waals surface area (Å²) in [5.41, 5.74) is 7.69. The van der Waals surface area contributed by atoms with Gasteiger partial charge in [0.15, 0.2) is 0 Å². The summed E-state index contributed by atoms with van der Waals surface area (Å²) >= 11 is 0. The molecule has 1 saturated carbocycles. The molecule has 0 radical (unpaired) electrons. The van der Waals surface area contributed by atoms with Crippen LogP contribution in [0.4, 0.5) is 5.82 Å². The molecule has 0 bridgehead atoms. The Kier molecular flexibility index (Phi) is 4.04. The lowest BCUT2D eigenvalue weighted by Gasteiger charge is -2.23. The van der Waals surface area contributed by atoms with E-state index in [1.54, 1.807) is 6.33 Å². The van der Waals surface area contributed by atoms with Crippen molar-refractivity contribution in [3.63, 3.8) is 0 Å². The molecular formula is C25H27N7. The zero-order valence-corrected chi connectivity index (χ0v) is 18.1. The highest BCUT2D eigenvalue weighted by Crippen LogP contribution is 2.35. The number of H-pyrrole nitrogens is 1. The Morgan fingerprint density at radius 3 is 2.88 bits per heavy atom. The van der Waals surface area contributed by atoms with Crippen LogP contribution in [0.15, 0.2) is 48.7 Å². The molecule has 7 heteroatoms. The molecule has 162 valence electrons. The molecule has 3 aromatic heterocycles. The van der Waals surface area contributed by atoms with E-state index >= 15 is 0 Å². The maximum absolute atomic E-state index is 5.12. The van der Waals surface area contributed by atoms with Crippen LogP contribution in [0.25, 0.3) is 33.3 Å². The molecule has 2 fully saturated rings. The fourth-order valence-electron chi connectivity index (χ4n) is 5.79. The largest absolute Gasteiger partial charge is 0.390 e. The Morgan fingerprint density at radius 1 is 1.03 bits per heavy atom. The number of nitrogens with zero attached hydrogens (tertiary/aromatic N) is 5. The van der Waals surface area contributed by atoms with Crippen molar-refractivity contribution in [2.45, 2.75) is 38.1 Å². The van der Waals surface area contributed by atoms with E-state index < -0.39 is 0 Å². The first-order valence-electron chi connectivity index (χ1n) is 11.8. The van der Waals surface area contributed by atoms with Crippen LogP contribution in [0, 0.1) is 5.92 Å². The van der Waals surface area contributed by atoms with E-state index in [9.17, 15) is 0 Å². The van der Waals surface area contributed by atoms with E-state index in [0.29, 0.717) is 12.0 Å². The van der Waals surface area contributed by atoms with Gasteiger partial charge in [0.05, 0.1) is 29.2 Å². The van der Waals surface area contributed by atoms with Crippen molar-refractivity contribution < 1.29 is 0 Å². The van der Waals surface area contributed by atoms with Crippen LogP contribution in [-0.2, 0) is 0 Å². The number of aromatic amines is 1. The second-order valence-corrected chi connectivity index (χ2v) is 9.48. The fraction of sp³-hybridized carbons (Fsp3) is 0.400. The third kappa shape index (κ3) is 2.83. The normalized spacial score (nSPS) is 21.3. The van der Waals surface area contributed by atoms with E-state index in [4.69, 9.17) is 9.97 Å². The molecule has 1 aliphatic carbocycles. The predicted octanol–water partition coefficient (Wildman–Crippen LogP) is 4.40. The molecule has 4 aromatic rings. The van der Waals surface area contributed by atoms with Crippen LogP contribution >= 0.6 is 0 Å². The third-order valence-electron chi connectivity index (χ3n) is 7.52. The van der Waals surface area contributed by atoms with Gasteiger partial charge in [0.25, 0.3) is 0 Å². The average molecular weight is 426 g/mol. The van der Waals surface area contributed by atoms with Crippen LogP contribution in [0.2, 0.25) is 0 Å². The van der Waals surface area contributed by atoms with E-state index in [2.05, 4.69) is 55.2 Å². The molecule has 1 unspecified atom stereocenters. The molecule has 1 saturated heterocycles. The highest BCUT2D eigenvalue weighted by Gasteiger charge is 2.31. The second kappa shape index (κ2) is 7.08. The van der Waals surface area contributed by atoms with Crippen LogP contribution < -0.4 is 10.2 Å². The van der Waals surface area contributed by atoms with Gasteiger partial charge in [-0.15, -0.1) is 0 Å². The van der Waals surface area contributed by atoms with Crippen LogP contribution in [0.5, 0.6) is 0 Å². The number of hydrogen-bond donors (Lipinski definition) is 2. The van der Waals surface area contributed by atoms with Gasteiger partial charge < -0.3 is 19.8 Å². The molecule has 3 aliphatic rings. The number of fused-ring (bicyclic) bond motifs is 3. The van der Waals surface area contributed by atoms with Crippen LogP contribution in [-0.4, -0.2) is 44.1 Å². The zero-order chi connectivity index (χ0) is 21.1. The number of imidazole rings is 2. The van der Waals surface area contributed by atoms with Crippen molar-refractivity contribution in [2.24, 2.45) is 5.92 Å². The molecule has 32 heavy (non-hydrogen) atoms. The minimum Gasteiger partial charge on any atom is -0.390 e. The van der Waals surface area contributed by atoms with Gasteiger partial charge in [0, 0.05) is 43.2 Å². The first kappa shape index (κ1) is 18.2. The van der Waals surface area contributed by atoms with Gasteiger partial charge in [-0.1, -0.05) is 25.3 Å². The Morgan fingerprint density at radius 2 is 1.97 bits per heavy atom. The summed E-state index contributed by atoms with van der Waals surface area (Å²) in [7, 11) is 0. The van der Waals surface area contributed by atoms with Crippen molar-refractivity contribution in [1.29, 1.82) is 0 Å². The molecule has 5 heterocycles. The smallest absolute Gasteiger partial charge is 0.131 e. The molecule has 0 amide bonds. The molecule has 7 rings (SSSR count). The van der Waals surface area contributed by atoms with Gasteiger partial charge >= 0.3 is 0 Å². The summed E-state index contributed by atoms with van der Waals surface area (Å²) in [6, 6.07) is 9.31. The van der Waals surface area contributed by atoms with Gasteiger partial charge in [-0.25, -0.2) is 15.0 Å². The van der Waals surface area contributed by atoms with Crippen molar-refractivity contribution >= 4 is 27.9 Å². The van der Waals surface area contributed by atoms with Gasteiger partial charge in [-0.2, -0.15) is 0 Å². The van der Waals surface area contributed by atoms with Crippen molar-refractivity contribution in [3.05, 3.63) is 48.7 Å². The average Bonchev–Trinajstić information content (AvgIpc) is 3.61. The molecular weight excluding hydrogens is 398 g/mol. The SMILES string of the molecule is C1=C2CN(c3cc4[nH]cnc4c(-c4ccc5c(c4)ncn5C4CCCCC4)n3)CC2CN1. The Hall–Kier alpha value is -3.35. The summed E-state index contributed by atoms with van der Waals surface area (Å²) in [6.07, 6.45) is 12.5. The summed E-state index contributed by atoms with van der Waals surface area (Å²) < 4.78 is 2.39. The number of nitrogens with one attached hydrogen (secondary N) is 2. The Labute approximate surface area is 186 Å². The summed E-state index contributed by atoms with van der Waals surface area (Å²) in [4.78, 5) is 20.2. The minimum absolute atomic E-state index is 0.581. The maximum atomic E-state index is 5.12. The van der Waals surface area contributed by atoms with Crippen molar-refractivity contribution in [3.8, 4) is 11.3 Å². The Bertz CT molecular complexity index is 1340. The highest BCUT2D eigenvalue weighted by atomic mass is 15.2. The predicted molar refractivity (Wildman–Crippen MR) is 127 cm³/mol. The zero-order valence-electron chi connectivity index (χ0n) is 18.1. The monoisotopic (exact) mass is 425 g/mol. The van der Waals surface area contributed by atoms with Gasteiger partial charge in [0.1, 0.15) is 17.0 Å². The fourth-order valence-corrected chi connectivity index (χ4v) is 5.79. The molecule has 0 spiro atoms. The lowest BCUT2D eigenvalue weighted by molar-refractivity contribution is 0.359. The number of benzene rings is 1. The number of anilines is 1. The van der Waals surface area contributed by atoms with Gasteiger partial charge in [0.2, 0.25) is 0 Å². The molecule has 2 aliphatic heterocycles. The summed E-state index contributed by atoms with van der Waals surface area (Å²) in [5, 5.41) is 3.37. The molecule has 1 atom stereocenters. The topological polar surface area (TPSA) is 74.7 Å². The second-order valence-electron chi connectivity index (χ2n) is 9.48. The van der Waals surface area contributed by atoms with E-state index in [-0.39, 0.29) is 0 Å². The summed E-state index contributed by atoms with van der Waals surface area (Å²) in [5.74, 6) is 1.61. The standard InChI is InChI=1S/C25H27N7/c1-2-4-19(5-3-1)32-15-29-20-8-16(6-7-22(20)32)24-25-21(27-14-28-25)9-23(30-24)31-12-17-10-26-11-18(17)13-31/h6-10,14-15,18-19,26H,1-5,11-13H2,(H,27,28). The van der Waals surface area contributed by atoms with E-state index in [1.807, 2.05) is 6.33 Å². The molecule has 1 aromatic carbocycles. The van der Waals surface area contributed by atoms with Gasteiger partial charge in [-0.3, -0.25) is 0 Å². The number of aromatic nitrogens is 5. The Balaban J connectivity index is 1.29. The first-order chi connectivity index (χ1) is 15.8. The van der Waals surface area contributed by atoms with Gasteiger partial charge in [-0.05, 0) is 36.7 Å². The van der Waals surface area contributed by atoms with Crippen molar-refractivity contribution in [2.75, 3.05) is 24.5 Å². The van der Waals surface area contributed by atoms with Crippen LogP contribution in [0.3, 0.4) is 0 Å².